The van der Waals surface area contributed by atoms with Crippen molar-refractivity contribution in [2.24, 2.45) is 0 Å². The molecule has 2 nitrogen and oxygen atoms in total. The van der Waals surface area contributed by atoms with Gasteiger partial charge in [-0.15, -0.1) is 0 Å². The lowest BCUT2D eigenvalue weighted by molar-refractivity contribution is 0.0384. The molecule has 1 saturated carbocycles. The molecule has 0 amide bonds. The monoisotopic (exact) mass is 222 g/mol. The fourth-order valence-corrected chi connectivity index (χ4v) is 3.08. The van der Waals surface area contributed by atoms with E-state index >= 15 is 0 Å². The molecule has 2 heteroatoms. The van der Waals surface area contributed by atoms with Crippen molar-refractivity contribution >= 4 is 0 Å². The third-order valence-corrected chi connectivity index (χ3v) is 4.37. The third-order valence-electron chi connectivity index (χ3n) is 4.37. The Morgan fingerprint density at radius 3 is 2.56 bits per heavy atom. The number of hydrogen-bond acceptors (Lipinski definition) is 2. The number of nitrogens with zero attached hydrogens (tertiary/aromatic N) is 1. The molecule has 1 saturated heterocycles. The zero-order valence-electron chi connectivity index (χ0n) is 11.1. The Morgan fingerprint density at radius 2 is 1.94 bits per heavy atom. The number of allylic oxidation sites excluding steroid dienone is 1. The molecular weight excluding hydrogens is 196 g/mol. The van der Waals surface area contributed by atoms with Gasteiger partial charge in [0.15, 0.2) is 0 Å². The fourth-order valence-electron chi connectivity index (χ4n) is 3.08. The first-order chi connectivity index (χ1) is 7.58. The summed E-state index contributed by atoms with van der Waals surface area (Å²) in [5, 5.41) is 3.83. The Hall–Kier alpha value is -0.340. The fraction of sp³-hybridized carbons (Fsp3) is 0.857. The highest BCUT2D eigenvalue weighted by molar-refractivity contribution is 5.05. The van der Waals surface area contributed by atoms with Crippen LogP contribution in [0, 0.1) is 0 Å². The molecule has 0 atom stereocenters. The summed E-state index contributed by atoms with van der Waals surface area (Å²) >= 11 is 0. The second kappa shape index (κ2) is 4.50. The summed E-state index contributed by atoms with van der Waals surface area (Å²) in [5.74, 6) is 0. The topological polar surface area (TPSA) is 15.3 Å². The van der Waals surface area contributed by atoms with E-state index in [4.69, 9.17) is 0 Å². The molecule has 1 N–H and O–H groups in total. The van der Waals surface area contributed by atoms with Gasteiger partial charge in [0.05, 0.1) is 0 Å². The van der Waals surface area contributed by atoms with E-state index in [0.717, 1.165) is 13.1 Å². The van der Waals surface area contributed by atoms with Gasteiger partial charge in [0.25, 0.3) is 0 Å². The van der Waals surface area contributed by atoms with E-state index in [-0.39, 0.29) is 0 Å². The summed E-state index contributed by atoms with van der Waals surface area (Å²) in [6.45, 7) is 10.3. The lowest BCUT2D eigenvalue weighted by atomic mass is 9.87. The minimum atomic E-state index is 0.299. The van der Waals surface area contributed by atoms with Crippen molar-refractivity contribution < 1.29 is 0 Å². The van der Waals surface area contributed by atoms with Gasteiger partial charge in [-0.3, -0.25) is 4.90 Å². The second-order valence-corrected chi connectivity index (χ2v) is 6.10. The van der Waals surface area contributed by atoms with E-state index in [1.807, 2.05) is 0 Å². The molecule has 92 valence electrons. The lowest BCUT2D eigenvalue weighted by Gasteiger charge is -2.50. The summed E-state index contributed by atoms with van der Waals surface area (Å²) in [4.78, 5) is 2.65. The number of piperazine rings is 1. The standard InChI is InChI=1S/C14H26N2/c1-4-5-10-16-12-14(8-6-7-9-14)15-11-13(16,2)3/h4-5,15H,6-12H2,1-3H3/b5-4+. The van der Waals surface area contributed by atoms with E-state index in [0.29, 0.717) is 11.1 Å². The van der Waals surface area contributed by atoms with Gasteiger partial charge in [-0.1, -0.05) is 25.0 Å². The molecule has 0 aromatic carbocycles. The largest absolute Gasteiger partial charge is 0.308 e. The maximum atomic E-state index is 3.83. The smallest absolute Gasteiger partial charge is 0.0309 e. The van der Waals surface area contributed by atoms with Crippen LogP contribution in [0.5, 0.6) is 0 Å². The van der Waals surface area contributed by atoms with Crippen molar-refractivity contribution in [2.75, 3.05) is 19.6 Å². The first kappa shape index (κ1) is 12.1. The predicted molar refractivity (Wildman–Crippen MR) is 69.7 cm³/mol. The van der Waals surface area contributed by atoms with Crippen LogP contribution >= 0.6 is 0 Å². The van der Waals surface area contributed by atoms with Crippen LogP contribution in [0.15, 0.2) is 12.2 Å². The molecular formula is C14H26N2. The molecule has 2 rings (SSSR count). The SMILES string of the molecule is C/C=C/CN1CC2(CCCC2)NCC1(C)C. The highest BCUT2D eigenvalue weighted by Gasteiger charge is 2.43. The molecule has 2 fully saturated rings. The molecule has 0 radical (unpaired) electrons. The van der Waals surface area contributed by atoms with E-state index in [1.54, 1.807) is 0 Å². The van der Waals surface area contributed by atoms with Crippen molar-refractivity contribution in [3.63, 3.8) is 0 Å². The zero-order valence-corrected chi connectivity index (χ0v) is 11.1. The summed E-state index contributed by atoms with van der Waals surface area (Å²) in [5.41, 5.74) is 0.741. The van der Waals surface area contributed by atoms with Crippen LogP contribution in [0.2, 0.25) is 0 Å². The predicted octanol–water partition coefficient (Wildman–Crippen LogP) is 2.56. The summed E-state index contributed by atoms with van der Waals surface area (Å²) in [6, 6.07) is 0. The second-order valence-electron chi connectivity index (χ2n) is 6.10. The van der Waals surface area contributed by atoms with E-state index < -0.39 is 0 Å². The van der Waals surface area contributed by atoms with Gasteiger partial charge in [-0.2, -0.15) is 0 Å². The Bertz CT molecular complexity index is 262. The van der Waals surface area contributed by atoms with Crippen molar-refractivity contribution in [3.8, 4) is 0 Å². The summed E-state index contributed by atoms with van der Waals surface area (Å²) in [6.07, 6.45) is 10.0. The van der Waals surface area contributed by atoms with Crippen molar-refractivity contribution in [3.05, 3.63) is 12.2 Å². The number of rotatable bonds is 2. The molecule has 0 aromatic rings. The molecule has 0 unspecified atom stereocenters. The highest BCUT2D eigenvalue weighted by Crippen LogP contribution is 2.35. The van der Waals surface area contributed by atoms with Crippen LogP contribution in [0.3, 0.4) is 0 Å². The average molecular weight is 222 g/mol. The Kier molecular flexibility index (Phi) is 3.41. The van der Waals surface area contributed by atoms with Gasteiger partial charge >= 0.3 is 0 Å². The molecule has 1 heterocycles. The lowest BCUT2D eigenvalue weighted by Crippen LogP contribution is -2.67. The van der Waals surface area contributed by atoms with Crippen LogP contribution in [0.1, 0.15) is 46.5 Å². The minimum Gasteiger partial charge on any atom is -0.308 e. The summed E-state index contributed by atoms with van der Waals surface area (Å²) < 4.78 is 0. The molecule has 16 heavy (non-hydrogen) atoms. The maximum absolute atomic E-state index is 3.83. The van der Waals surface area contributed by atoms with E-state index in [1.165, 1.54) is 32.2 Å². The Morgan fingerprint density at radius 1 is 1.25 bits per heavy atom. The van der Waals surface area contributed by atoms with Crippen molar-refractivity contribution in [1.82, 2.24) is 10.2 Å². The third kappa shape index (κ3) is 2.33. The van der Waals surface area contributed by atoms with E-state index in [9.17, 15) is 0 Å². The molecule has 0 bridgehead atoms. The average Bonchev–Trinajstić information content (AvgIpc) is 2.69. The van der Waals surface area contributed by atoms with Crippen LogP contribution in [-0.2, 0) is 0 Å². The Labute approximate surface area is 100 Å². The molecule has 1 aliphatic heterocycles. The van der Waals surface area contributed by atoms with Crippen molar-refractivity contribution in [1.29, 1.82) is 0 Å². The van der Waals surface area contributed by atoms with Gasteiger partial charge in [-0.25, -0.2) is 0 Å². The molecule has 2 aliphatic rings. The van der Waals surface area contributed by atoms with Gasteiger partial charge < -0.3 is 5.32 Å². The van der Waals surface area contributed by atoms with Crippen LogP contribution in [-0.4, -0.2) is 35.6 Å². The first-order valence-electron chi connectivity index (χ1n) is 6.69. The minimum absolute atomic E-state index is 0.299. The molecule has 1 spiro atoms. The first-order valence-corrected chi connectivity index (χ1v) is 6.69. The van der Waals surface area contributed by atoms with Gasteiger partial charge in [0.2, 0.25) is 0 Å². The zero-order chi connectivity index (χ0) is 11.6. The van der Waals surface area contributed by atoms with Crippen LogP contribution < -0.4 is 5.32 Å². The molecule has 1 aliphatic carbocycles. The van der Waals surface area contributed by atoms with Crippen LogP contribution in [0.25, 0.3) is 0 Å². The summed E-state index contributed by atoms with van der Waals surface area (Å²) in [7, 11) is 0. The van der Waals surface area contributed by atoms with Crippen molar-refractivity contribution in [2.45, 2.75) is 57.5 Å². The maximum Gasteiger partial charge on any atom is 0.0309 e. The highest BCUT2D eigenvalue weighted by atomic mass is 15.3. The number of hydrogen-bond donors (Lipinski definition) is 1. The normalized spacial score (nSPS) is 29.2. The molecule has 0 aromatic heterocycles. The van der Waals surface area contributed by atoms with Gasteiger partial charge in [-0.05, 0) is 33.6 Å². The van der Waals surface area contributed by atoms with E-state index in [2.05, 4.69) is 43.1 Å². The van der Waals surface area contributed by atoms with Crippen LogP contribution in [0.4, 0.5) is 0 Å². The van der Waals surface area contributed by atoms with Gasteiger partial charge in [0.1, 0.15) is 0 Å². The van der Waals surface area contributed by atoms with Gasteiger partial charge in [0, 0.05) is 30.7 Å². The number of nitrogens with one attached hydrogen (secondary N) is 1. The quantitative estimate of drug-likeness (QED) is 0.722. The Balaban J connectivity index is 2.05.